The van der Waals surface area contributed by atoms with Crippen LogP contribution in [0.15, 0.2) is 30.5 Å². The molecule has 2 aliphatic rings. The van der Waals surface area contributed by atoms with E-state index >= 15 is 0 Å². The van der Waals surface area contributed by atoms with Gasteiger partial charge in [-0.15, -0.1) is 0 Å². The number of para-hydroxylation sites is 1. The summed E-state index contributed by atoms with van der Waals surface area (Å²) in [6.07, 6.45) is 6.61. The Bertz CT molecular complexity index is 923. The van der Waals surface area contributed by atoms with Crippen molar-refractivity contribution in [2.45, 2.75) is 45.1 Å². The Morgan fingerprint density at radius 2 is 1.73 bits per heavy atom. The van der Waals surface area contributed by atoms with Gasteiger partial charge in [0.05, 0.1) is 0 Å². The van der Waals surface area contributed by atoms with Gasteiger partial charge in [0.15, 0.2) is 0 Å². The summed E-state index contributed by atoms with van der Waals surface area (Å²) in [5, 5.41) is 3.90. The SMILES string of the molecule is CC(=O)NC(Cc1c[nH]c2ccccc12)C(=O)N1CCN(C(=O)C2CCCC2)CC1. The van der Waals surface area contributed by atoms with E-state index in [1.807, 2.05) is 35.4 Å². The van der Waals surface area contributed by atoms with E-state index in [0.29, 0.717) is 32.6 Å². The zero-order valence-corrected chi connectivity index (χ0v) is 17.5. The minimum atomic E-state index is -0.612. The molecule has 1 saturated heterocycles. The minimum Gasteiger partial charge on any atom is -0.361 e. The number of amides is 3. The van der Waals surface area contributed by atoms with Gasteiger partial charge in [-0.05, 0) is 24.5 Å². The topological polar surface area (TPSA) is 85.5 Å². The second kappa shape index (κ2) is 8.90. The van der Waals surface area contributed by atoms with Crippen molar-refractivity contribution in [3.63, 3.8) is 0 Å². The lowest BCUT2D eigenvalue weighted by molar-refractivity contribution is -0.143. The summed E-state index contributed by atoms with van der Waals surface area (Å²) in [5.41, 5.74) is 2.02. The molecule has 1 aliphatic carbocycles. The molecule has 7 heteroatoms. The number of carbonyl (C=O) groups excluding carboxylic acids is 3. The Kier molecular flexibility index (Phi) is 6.06. The monoisotopic (exact) mass is 410 g/mol. The van der Waals surface area contributed by atoms with Crippen molar-refractivity contribution in [2.24, 2.45) is 5.92 Å². The van der Waals surface area contributed by atoms with Gasteiger partial charge in [0.2, 0.25) is 17.7 Å². The molecule has 1 aliphatic heterocycles. The molecule has 4 rings (SSSR count). The van der Waals surface area contributed by atoms with Crippen LogP contribution in [0.3, 0.4) is 0 Å². The maximum atomic E-state index is 13.2. The lowest BCUT2D eigenvalue weighted by Crippen LogP contribution is -2.56. The normalized spacial score (nSPS) is 18.6. The quantitative estimate of drug-likeness (QED) is 0.791. The Hall–Kier alpha value is -2.83. The third kappa shape index (κ3) is 4.35. The third-order valence-electron chi connectivity index (χ3n) is 6.38. The van der Waals surface area contributed by atoms with Gasteiger partial charge < -0.3 is 20.1 Å². The first-order valence-corrected chi connectivity index (χ1v) is 10.9. The molecule has 7 nitrogen and oxygen atoms in total. The highest BCUT2D eigenvalue weighted by atomic mass is 16.2. The van der Waals surface area contributed by atoms with Gasteiger partial charge in [0, 0.05) is 62.5 Å². The number of aromatic amines is 1. The third-order valence-corrected chi connectivity index (χ3v) is 6.38. The molecule has 2 N–H and O–H groups in total. The molecule has 1 aromatic heterocycles. The van der Waals surface area contributed by atoms with Crippen LogP contribution in [0.5, 0.6) is 0 Å². The van der Waals surface area contributed by atoms with Crippen molar-refractivity contribution in [1.82, 2.24) is 20.1 Å². The van der Waals surface area contributed by atoms with Crippen LogP contribution in [0.2, 0.25) is 0 Å². The Morgan fingerprint density at radius 3 is 2.43 bits per heavy atom. The van der Waals surface area contributed by atoms with E-state index in [4.69, 9.17) is 0 Å². The summed E-state index contributed by atoms with van der Waals surface area (Å²) in [7, 11) is 0. The van der Waals surface area contributed by atoms with Crippen molar-refractivity contribution in [3.05, 3.63) is 36.0 Å². The fourth-order valence-electron chi connectivity index (χ4n) is 4.76. The number of hydrogen-bond donors (Lipinski definition) is 2. The second-order valence-corrected chi connectivity index (χ2v) is 8.45. The highest BCUT2D eigenvalue weighted by molar-refractivity contribution is 5.89. The van der Waals surface area contributed by atoms with Gasteiger partial charge in [-0.2, -0.15) is 0 Å². The summed E-state index contributed by atoms with van der Waals surface area (Å²) >= 11 is 0. The first-order valence-electron chi connectivity index (χ1n) is 10.9. The number of nitrogens with one attached hydrogen (secondary N) is 2. The molecule has 30 heavy (non-hydrogen) atoms. The Labute approximate surface area is 176 Å². The van der Waals surface area contributed by atoms with Crippen LogP contribution in [0.4, 0.5) is 0 Å². The molecule has 0 radical (unpaired) electrons. The average Bonchev–Trinajstić information content (AvgIpc) is 3.43. The number of benzene rings is 1. The Morgan fingerprint density at radius 1 is 1.07 bits per heavy atom. The first-order chi connectivity index (χ1) is 14.5. The maximum Gasteiger partial charge on any atom is 0.245 e. The minimum absolute atomic E-state index is 0.0801. The number of carbonyl (C=O) groups is 3. The molecular formula is C23H30N4O3. The van der Waals surface area contributed by atoms with Gasteiger partial charge in [-0.25, -0.2) is 0 Å². The van der Waals surface area contributed by atoms with E-state index < -0.39 is 6.04 Å². The summed E-state index contributed by atoms with van der Waals surface area (Å²) in [6, 6.07) is 7.33. The van der Waals surface area contributed by atoms with Gasteiger partial charge in [-0.3, -0.25) is 14.4 Å². The summed E-state index contributed by atoms with van der Waals surface area (Å²) in [4.78, 5) is 44.6. The molecular weight excluding hydrogens is 380 g/mol. The zero-order valence-electron chi connectivity index (χ0n) is 17.5. The lowest BCUT2D eigenvalue weighted by atomic mass is 10.0. The van der Waals surface area contributed by atoms with E-state index in [-0.39, 0.29) is 23.6 Å². The molecule has 160 valence electrons. The molecule has 0 spiro atoms. The number of fused-ring (bicyclic) bond motifs is 1. The number of piperazine rings is 1. The van der Waals surface area contributed by atoms with Crippen LogP contribution in [0.25, 0.3) is 10.9 Å². The molecule has 2 aromatic rings. The van der Waals surface area contributed by atoms with Crippen LogP contribution in [0, 0.1) is 5.92 Å². The van der Waals surface area contributed by atoms with Crippen molar-refractivity contribution in [3.8, 4) is 0 Å². The lowest BCUT2D eigenvalue weighted by Gasteiger charge is -2.37. The van der Waals surface area contributed by atoms with E-state index in [1.165, 1.54) is 6.92 Å². The summed E-state index contributed by atoms with van der Waals surface area (Å²) in [6.45, 7) is 3.61. The van der Waals surface area contributed by atoms with E-state index in [2.05, 4.69) is 10.3 Å². The smallest absolute Gasteiger partial charge is 0.245 e. The number of H-pyrrole nitrogens is 1. The van der Waals surface area contributed by atoms with Crippen LogP contribution >= 0.6 is 0 Å². The molecule has 1 aromatic carbocycles. The van der Waals surface area contributed by atoms with Crippen LogP contribution in [0.1, 0.15) is 38.2 Å². The van der Waals surface area contributed by atoms with Gasteiger partial charge in [0.25, 0.3) is 0 Å². The zero-order chi connectivity index (χ0) is 21.1. The van der Waals surface area contributed by atoms with Gasteiger partial charge >= 0.3 is 0 Å². The van der Waals surface area contributed by atoms with E-state index in [9.17, 15) is 14.4 Å². The first kappa shape index (κ1) is 20.4. The van der Waals surface area contributed by atoms with E-state index in [0.717, 1.165) is 42.1 Å². The van der Waals surface area contributed by atoms with Crippen molar-refractivity contribution >= 4 is 28.6 Å². The van der Waals surface area contributed by atoms with Gasteiger partial charge in [0.1, 0.15) is 6.04 Å². The van der Waals surface area contributed by atoms with Gasteiger partial charge in [-0.1, -0.05) is 31.0 Å². The standard InChI is InChI=1S/C23H30N4O3/c1-16(28)25-21(14-18-15-24-20-9-5-4-8-19(18)20)23(30)27-12-10-26(11-13-27)22(29)17-6-2-3-7-17/h4-5,8-9,15,17,21,24H,2-3,6-7,10-14H2,1H3,(H,25,28). The molecule has 0 bridgehead atoms. The molecule has 3 amide bonds. The predicted octanol–water partition coefficient (Wildman–Crippen LogP) is 2.08. The fourth-order valence-corrected chi connectivity index (χ4v) is 4.76. The van der Waals surface area contributed by atoms with Crippen molar-refractivity contribution in [2.75, 3.05) is 26.2 Å². The van der Waals surface area contributed by atoms with Crippen molar-refractivity contribution in [1.29, 1.82) is 0 Å². The molecule has 1 saturated carbocycles. The average molecular weight is 411 g/mol. The number of rotatable bonds is 5. The number of nitrogens with zero attached hydrogens (tertiary/aromatic N) is 2. The van der Waals surface area contributed by atoms with E-state index in [1.54, 1.807) is 4.90 Å². The highest BCUT2D eigenvalue weighted by Crippen LogP contribution is 2.27. The number of hydrogen-bond acceptors (Lipinski definition) is 3. The molecule has 2 heterocycles. The highest BCUT2D eigenvalue weighted by Gasteiger charge is 2.33. The predicted molar refractivity (Wildman–Crippen MR) is 115 cm³/mol. The molecule has 2 fully saturated rings. The second-order valence-electron chi connectivity index (χ2n) is 8.45. The molecule has 1 unspecified atom stereocenters. The summed E-state index contributed by atoms with van der Waals surface area (Å²) in [5.74, 6) is 0.115. The number of aromatic nitrogens is 1. The Balaban J connectivity index is 1.41. The fraction of sp³-hybridized carbons (Fsp3) is 0.522. The maximum absolute atomic E-state index is 13.2. The van der Waals surface area contributed by atoms with Crippen LogP contribution in [-0.4, -0.2) is 64.7 Å². The van der Waals surface area contributed by atoms with Crippen LogP contribution < -0.4 is 5.32 Å². The van der Waals surface area contributed by atoms with Crippen molar-refractivity contribution < 1.29 is 14.4 Å². The molecule has 1 atom stereocenters. The largest absolute Gasteiger partial charge is 0.361 e. The van der Waals surface area contributed by atoms with Crippen LogP contribution in [-0.2, 0) is 20.8 Å². The summed E-state index contributed by atoms with van der Waals surface area (Å²) < 4.78 is 0.